The molecule has 31 heavy (non-hydrogen) atoms. The Hall–Kier alpha value is -2.67. The number of hydrogen-bond donors (Lipinski definition) is 0. The minimum atomic E-state index is -0.622. The number of carbonyl (C=O) groups excluding carboxylic acids is 1. The molecule has 0 bridgehead atoms. The molecule has 0 saturated carbocycles. The lowest BCUT2D eigenvalue weighted by Crippen LogP contribution is -2.23. The standard InChI is InChI=1S/C17H19NO4.C8H10O/c1-4-20-16(19)13-10-7-5-6-8-11(10)18-9-12-15(14(13)18)22-17(2,3)21-12;1-9-7-8-5-3-2-4-6-8/h5-8,12,15H,4,9H2,1-3H3;2-6H,7H2,1H3/t12-,15-;/m1./s1. The molecule has 0 aliphatic carbocycles. The van der Waals surface area contributed by atoms with Crippen molar-refractivity contribution in [1.82, 2.24) is 4.57 Å². The first kappa shape index (κ1) is 21.6. The number of carbonyl (C=O) groups is 1. The fraction of sp³-hybridized carbons (Fsp3) is 0.400. The summed E-state index contributed by atoms with van der Waals surface area (Å²) in [6.07, 6.45) is -0.274. The van der Waals surface area contributed by atoms with Crippen molar-refractivity contribution in [3.63, 3.8) is 0 Å². The van der Waals surface area contributed by atoms with Crippen LogP contribution < -0.4 is 0 Å². The van der Waals surface area contributed by atoms with Gasteiger partial charge in [-0.15, -0.1) is 0 Å². The van der Waals surface area contributed by atoms with E-state index in [1.54, 1.807) is 7.11 Å². The quantitative estimate of drug-likeness (QED) is 0.561. The molecule has 1 aromatic heterocycles. The van der Waals surface area contributed by atoms with Gasteiger partial charge in [0, 0.05) is 18.0 Å². The number of para-hydroxylation sites is 1. The van der Waals surface area contributed by atoms with Crippen molar-refractivity contribution in [3.05, 3.63) is 71.4 Å². The SMILES string of the molecule is CCOC(=O)c1c2n(c3ccccc13)C[C@H]1OC(C)(C)O[C@@H]21.COCc1ccccc1. The van der Waals surface area contributed by atoms with Crippen LogP contribution in [-0.4, -0.2) is 36.1 Å². The summed E-state index contributed by atoms with van der Waals surface area (Å²) in [5.74, 6) is -0.912. The van der Waals surface area contributed by atoms with E-state index in [0.29, 0.717) is 25.3 Å². The summed E-state index contributed by atoms with van der Waals surface area (Å²) in [6, 6.07) is 18.0. The Morgan fingerprint density at radius 1 is 1.10 bits per heavy atom. The zero-order valence-corrected chi connectivity index (χ0v) is 18.5. The van der Waals surface area contributed by atoms with E-state index in [9.17, 15) is 4.79 Å². The lowest BCUT2D eigenvalue weighted by Gasteiger charge is -2.19. The van der Waals surface area contributed by atoms with Crippen LogP contribution in [0.2, 0.25) is 0 Å². The summed E-state index contributed by atoms with van der Waals surface area (Å²) in [7, 11) is 1.70. The van der Waals surface area contributed by atoms with Gasteiger partial charge >= 0.3 is 5.97 Å². The van der Waals surface area contributed by atoms with E-state index < -0.39 is 5.79 Å². The molecule has 164 valence electrons. The Bertz CT molecular complexity index is 1060. The molecule has 1 fully saturated rings. The van der Waals surface area contributed by atoms with Gasteiger partial charge in [-0.1, -0.05) is 48.5 Å². The summed E-state index contributed by atoms with van der Waals surface area (Å²) in [4.78, 5) is 12.5. The van der Waals surface area contributed by atoms with Crippen LogP contribution >= 0.6 is 0 Å². The van der Waals surface area contributed by atoms with Gasteiger partial charge in [0.1, 0.15) is 12.2 Å². The van der Waals surface area contributed by atoms with Crippen molar-refractivity contribution in [2.75, 3.05) is 13.7 Å². The van der Waals surface area contributed by atoms with Crippen LogP contribution in [0.4, 0.5) is 0 Å². The van der Waals surface area contributed by atoms with E-state index in [1.807, 2.05) is 75.4 Å². The van der Waals surface area contributed by atoms with Crippen molar-refractivity contribution in [1.29, 1.82) is 0 Å². The van der Waals surface area contributed by atoms with Crippen LogP contribution in [0.3, 0.4) is 0 Å². The third-order valence-electron chi connectivity index (χ3n) is 5.46. The molecular formula is C25H29NO5. The maximum Gasteiger partial charge on any atom is 0.340 e. The molecule has 3 heterocycles. The van der Waals surface area contributed by atoms with Crippen molar-refractivity contribution in [3.8, 4) is 0 Å². The number of rotatable bonds is 4. The second-order valence-electron chi connectivity index (χ2n) is 8.12. The smallest absolute Gasteiger partial charge is 0.340 e. The van der Waals surface area contributed by atoms with Crippen molar-refractivity contribution < 1.29 is 23.7 Å². The topological polar surface area (TPSA) is 58.9 Å². The maximum atomic E-state index is 12.5. The summed E-state index contributed by atoms with van der Waals surface area (Å²) in [5.41, 5.74) is 3.75. The molecule has 6 nitrogen and oxygen atoms in total. The molecule has 6 heteroatoms. The average molecular weight is 424 g/mol. The second-order valence-corrected chi connectivity index (χ2v) is 8.12. The molecule has 2 atom stereocenters. The Balaban J connectivity index is 0.000000217. The predicted molar refractivity (Wildman–Crippen MR) is 118 cm³/mol. The number of fused-ring (bicyclic) bond motifs is 5. The number of aromatic nitrogens is 1. The Morgan fingerprint density at radius 3 is 2.52 bits per heavy atom. The van der Waals surface area contributed by atoms with Crippen LogP contribution in [0.25, 0.3) is 10.9 Å². The minimum Gasteiger partial charge on any atom is -0.462 e. The van der Waals surface area contributed by atoms with Crippen LogP contribution in [-0.2, 0) is 32.1 Å². The Morgan fingerprint density at radius 2 is 1.81 bits per heavy atom. The highest BCUT2D eigenvalue weighted by Crippen LogP contribution is 2.47. The van der Waals surface area contributed by atoms with Crippen LogP contribution in [0, 0.1) is 0 Å². The largest absolute Gasteiger partial charge is 0.462 e. The molecule has 0 spiro atoms. The molecule has 0 unspecified atom stereocenters. The second kappa shape index (κ2) is 8.83. The van der Waals surface area contributed by atoms with Gasteiger partial charge in [-0.05, 0) is 32.4 Å². The number of nitrogens with zero attached hydrogens (tertiary/aromatic N) is 1. The van der Waals surface area contributed by atoms with E-state index in [2.05, 4.69) is 4.57 Å². The van der Waals surface area contributed by atoms with Gasteiger partial charge in [-0.2, -0.15) is 0 Å². The van der Waals surface area contributed by atoms with Crippen LogP contribution in [0.1, 0.15) is 48.5 Å². The molecule has 3 aromatic rings. The molecule has 0 amide bonds. The Kier molecular flexibility index (Phi) is 6.14. The number of esters is 1. The number of hydrogen-bond acceptors (Lipinski definition) is 5. The van der Waals surface area contributed by atoms with Crippen molar-refractivity contribution in [2.45, 2.75) is 51.9 Å². The van der Waals surface area contributed by atoms with Crippen molar-refractivity contribution in [2.24, 2.45) is 0 Å². The van der Waals surface area contributed by atoms with E-state index in [-0.39, 0.29) is 18.2 Å². The van der Waals surface area contributed by atoms with E-state index >= 15 is 0 Å². The zero-order chi connectivity index (χ0) is 22.0. The summed E-state index contributed by atoms with van der Waals surface area (Å²) < 4.78 is 24.3. The minimum absolute atomic E-state index is 0.0530. The molecular weight excluding hydrogens is 394 g/mol. The maximum absolute atomic E-state index is 12.5. The fourth-order valence-corrected chi connectivity index (χ4v) is 4.35. The first-order valence-electron chi connectivity index (χ1n) is 10.6. The van der Waals surface area contributed by atoms with E-state index in [4.69, 9.17) is 18.9 Å². The van der Waals surface area contributed by atoms with Gasteiger partial charge in [0.2, 0.25) is 0 Å². The highest BCUT2D eigenvalue weighted by Gasteiger charge is 2.50. The normalized spacial score (nSPS) is 20.6. The molecule has 2 aliphatic heterocycles. The van der Waals surface area contributed by atoms with E-state index in [0.717, 1.165) is 16.6 Å². The molecule has 5 rings (SSSR count). The Labute approximate surface area is 182 Å². The number of benzene rings is 2. The average Bonchev–Trinajstić information content (AvgIpc) is 3.34. The highest BCUT2D eigenvalue weighted by atomic mass is 16.8. The van der Waals surface area contributed by atoms with Gasteiger partial charge in [-0.25, -0.2) is 4.79 Å². The summed E-state index contributed by atoms with van der Waals surface area (Å²) in [5, 5.41) is 0.919. The van der Waals surface area contributed by atoms with E-state index in [1.165, 1.54) is 5.56 Å². The third-order valence-corrected chi connectivity index (χ3v) is 5.46. The lowest BCUT2D eigenvalue weighted by atomic mass is 10.1. The number of methoxy groups -OCH3 is 1. The molecule has 0 radical (unpaired) electrons. The lowest BCUT2D eigenvalue weighted by molar-refractivity contribution is -0.151. The molecule has 0 N–H and O–H groups in total. The van der Waals surface area contributed by atoms with Crippen molar-refractivity contribution >= 4 is 16.9 Å². The van der Waals surface area contributed by atoms with Gasteiger partial charge < -0.3 is 23.5 Å². The van der Waals surface area contributed by atoms with Gasteiger partial charge in [0.15, 0.2) is 5.79 Å². The molecule has 2 aromatic carbocycles. The fourth-order valence-electron chi connectivity index (χ4n) is 4.35. The zero-order valence-electron chi connectivity index (χ0n) is 18.5. The first-order valence-corrected chi connectivity index (χ1v) is 10.6. The molecule has 1 saturated heterocycles. The van der Waals surface area contributed by atoms with Crippen LogP contribution in [0.5, 0.6) is 0 Å². The van der Waals surface area contributed by atoms with Crippen LogP contribution in [0.15, 0.2) is 54.6 Å². The third kappa shape index (κ3) is 4.24. The predicted octanol–water partition coefficient (Wildman–Crippen LogP) is 4.86. The monoisotopic (exact) mass is 423 g/mol. The number of ether oxygens (including phenoxy) is 4. The molecule has 2 aliphatic rings. The van der Waals surface area contributed by atoms with Gasteiger partial charge in [0.25, 0.3) is 0 Å². The van der Waals surface area contributed by atoms with Gasteiger partial charge in [-0.3, -0.25) is 0 Å². The first-order chi connectivity index (χ1) is 14.9. The summed E-state index contributed by atoms with van der Waals surface area (Å²) in [6.45, 7) is 7.39. The highest BCUT2D eigenvalue weighted by molar-refractivity contribution is 6.06. The summed E-state index contributed by atoms with van der Waals surface area (Å²) >= 11 is 0. The van der Waals surface area contributed by atoms with Gasteiger partial charge in [0.05, 0.1) is 31.0 Å².